The van der Waals surface area contributed by atoms with Crippen molar-refractivity contribution >= 4 is 17.7 Å². The van der Waals surface area contributed by atoms with Gasteiger partial charge in [-0.15, -0.1) is 0 Å². The first-order valence-corrected chi connectivity index (χ1v) is 9.22. The molecule has 0 bridgehead atoms. The van der Waals surface area contributed by atoms with Gasteiger partial charge in [0.2, 0.25) is 0 Å². The van der Waals surface area contributed by atoms with Crippen LogP contribution in [0.25, 0.3) is 0 Å². The zero-order valence-corrected chi connectivity index (χ0v) is 14.9. The van der Waals surface area contributed by atoms with Crippen LogP contribution >= 0.6 is 11.8 Å². The first kappa shape index (κ1) is 18.7. The molecule has 2 heterocycles. The van der Waals surface area contributed by atoms with E-state index in [1.165, 1.54) is 4.90 Å². The number of hydrogen-bond donors (Lipinski definition) is 1. The molecule has 0 aliphatic carbocycles. The van der Waals surface area contributed by atoms with Crippen molar-refractivity contribution in [1.82, 2.24) is 15.1 Å². The molecule has 2 atom stereocenters. The normalized spacial score (nSPS) is 27.8. The summed E-state index contributed by atoms with van der Waals surface area (Å²) in [5.74, 6) is 2.50. The molecule has 0 aromatic rings. The van der Waals surface area contributed by atoms with Gasteiger partial charge >= 0.3 is 6.18 Å². The lowest BCUT2D eigenvalue weighted by Crippen LogP contribution is -2.52. The molecular weight excluding hydrogens is 325 g/mol. The van der Waals surface area contributed by atoms with Crippen molar-refractivity contribution in [2.24, 2.45) is 10.9 Å². The highest BCUT2D eigenvalue weighted by molar-refractivity contribution is 8.00. The van der Waals surface area contributed by atoms with Gasteiger partial charge in [0.05, 0.1) is 6.54 Å². The van der Waals surface area contributed by atoms with Gasteiger partial charge in [-0.3, -0.25) is 9.89 Å². The maximum absolute atomic E-state index is 12.5. The van der Waals surface area contributed by atoms with E-state index in [-0.39, 0.29) is 6.04 Å². The van der Waals surface area contributed by atoms with Crippen LogP contribution in [0.2, 0.25) is 0 Å². The lowest BCUT2D eigenvalue weighted by molar-refractivity contribution is -0.143. The fourth-order valence-corrected chi connectivity index (χ4v) is 4.40. The zero-order chi connectivity index (χ0) is 17.0. The quantitative estimate of drug-likeness (QED) is 0.624. The molecule has 2 aliphatic rings. The predicted octanol–water partition coefficient (Wildman–Crippen LogP) is 2.27. The van der Waals surface area contributed by atoms with Crippen molar-refractivity contribution in [3.63, 3.8) is 0 Å². The molecule has 2 saturated heterocycles. The number of likely N-dealkylation sites (tertiary alicyclic amines) is 1. The van der Waals surface area contributed by atoms with Crippen LogP contribution < -0.4 is 5.32 Å². The van der Waals surface area contributed by atoms with Crippen molar-refractivity contribution in [2.45, 2.75) is 37.7 Å². The summed E-state index contributed by atoms with van der Waals surface area (Å²) in [6, 6.07) is 0.0446. The molecule has 2 aliphatic heterocycles. The van der Waals surface area contributed by atoms with E-state index < -0.39 is 12.7 Å². The minimum Gasteiger partial charge on any atom is -0.352 e. The predicted molar refractivity (Wildman–Crippen MR) is 90.1 cm³/mol. The number of thioether (sulfide) groups is 1. The lowest BCUT2D eigenvalue weighted by atomic mass is 10.1. The minimum absolute atomic E-state index is 0.0446. The number of halogens is 3. The van der Waals surface area contributed by atoms with Crippen LogP contribution in [0, 0.1) is 5.92 Å². The highest BCUT2D eigenvalue weighted by Gasteiger charge is 2.35. The second-order valence-electron chi connectivity index (χ2n) is 6.63. The van der Waals surface area contributed by atoms with Gasteiger partial charge < -0.3 is 10.2 Å². The van der Waals surface area contributed by atoms with Gasteiger partial charge in [0, 0.05) is 50.3 Å². The number of nitrogens with zero attached hydrogens (tertiary/aromatic N) is 3. The van der Waals surface area contributed by atoms with E-state index in [1.807, 2.05) is 11.8 Å². The zero-order valence-electron chi connectivity index (χ0n) is 14.1. The van der Waals surface area contributed by atoms with E-state index in [9.17, 15) is 13.2 Å². The molecule has 8 heteroatoms. The van der Waals surface area contributed by atoms with Crippen molar-refractivity contribution < 1.29 is 13.2 Å². The summed E-state index contributed by atoms with van der Waals surface area (Å²) >= 11 is 1.99. The molecule has 134 valence electrons. The number of guanidine groups is 1. The van der Waals surface area contributed by atoms with E-state index in [0.717, 1.165) is 31.2 Å². The van der Waals surface area contributed by atoms with Crippen LogP contribution in [0.3, 0.4) is 0 Å². The number of hydrogen-bond acceptors (Lipinski definition) is 3. The standard InChI is InChI=1S/C15H27F3N4S/c1-11(2)13-9-22(6-7-23-13)14(19-3)20-12-4-5-21(8-12)10-15(16,17)18/h11-13H,4-10H2,1-3H3,(H,19,20). The topological polar surface area (TPSA) is 30.9 Å². The van der Waals surface area contributed by atoms with Crippen molar-refractivity contribution in [3.05, 3.63) is 0 Å². The molecule has 0 amide bonds. The van der Waals surface area contributed by atoms with Gasteiger partial charge in [0.1, 0.15) is 0 Å². The van der Waals surface area contributed by atoms with Crippen LogP contribution in [-0.4, -0.2) is 78.8 Å². The monoisotopic (exact) mass is 352 g/mol. The Morgan fingerprint density at radius 2 is 2.04 bits per heavy atom. The van der Waals surface area contributed by atoms with E-state index in [4.69, 9.17) is 0 Å². The van der Waals surface area contributed by atoms with E-state index in [2.05, 4.69) is 29.1 Å². The smallest absolute Gasteiger partial charge is 0.352 e. The maximum atomic E-state index is 12.5. The Morgan fingerprint density at radius 3 is 2.65 bits per heavy atom. The second-order valence-corrected chi connectivity index (χ2v) is 7.97. The second kappa shape index (κ2) is 7.96. The van der Waals surface area contributed by atoms with E-state index in [0.29, 0.717) is 24.3 Å². The third-order valence-corrected chi connectivity index (χ3v) is 5.90. The number of nitrogens with one attached hydrogen (secondary N) is 1. The van der Waals surface area contributed by atoms with Gasteiger partial charge in [-0.25, -0.2) is 0 Å². The molecule has 2 fully saturated rings. The highest BCUT2D eigenvalue weighted by Crippen LogP contribution is 2.25. The van der Waals surface area contributed by atoms with Crippen LogP contribution in [0.1, 0.15) is 20.3 Å². The van der Waals surface area contributed by atoms with Crippen LogP contribution in [0.4, 0.5) is 13.2 Å². The van der Waals surface area contributed by atoms with Crippen molar-refractivity contribution in [3.8, 4) is 0 Å². The van der Waals surface area contributed by atoms with Crippen LogP contribution in [0.15, 0.2) is 4.99 Å². The summed E-state index contributed by atoms with van der Waals surface area (Å²) in [5, 5.41) is 3.94. The first-order chi connectivity index (χ1) is 10.8. The fraction of sp³-hybridized carbons (Fsp3) is 0.933. The molecule has 0 spiro atoms. The molecular formula is C15H27F3N4S. The Balaban J connectivity index is 1.86. The van der Waals surface area contributed by atoms with Crippen LogP contribution in [-0.2, 0) is 0 Å². The SMILES string of the molecule is CN=C(NC1CCN(CC(F)(F)F)C1)N1CCSC(C(C)C)C1. The summed E-state index contributed by atoms with van der Waals surface area (Å²) < 4.78 is 37.4. The number of alkyl halides is 3. The Labute approximate surface area is 140 Å². The Morgan fingerprint density at radius 1 is 1.30 bits per heavy atom. The molecule has 2 unspecified atom stereocenters. The average molecular weight is 352 g/mol. The van der Waals surface area contributed by atoms with E-state index in [1.54, 1.807) is 7.05 Å². The Kier molecular flexibility index (Phi) is 6.48. The Bertz CT molecular complexity index is 414. The third kappa shape index (κ3) is 5.74. The molecule has 0 saturated carbocycles. The van der Waals surface area contributed by atoms with Crippen molar-refractivity contribution in [2.75, 3.05) is 45.5 Å². The molecule has 2 rings (SSSR count). The summed E-state index contributed by atoms with van der Waals surface area (Å²) in [4.78, 5) is 8.06. The molecule has 0 radical (unpaired) electrons. The van der Waals surface area contributed by atoms with Gasteiger partial charge in [0.15, 0.2) is 5.96 Å². The van der Waals surface area contributed by atoms with Gasteiger partial charge in [0.25, 0.3) is 0 Å². The third-order valence-electron chi connectivity index (χ3n) is 4.36. The highest BCUT2D eigenvalue weighted by atomic mass is 32.2. The Hall–Kier alpha value is -0.630. The maximum Gasteiger partial charge on any atom is 0.401 e. The van der Waals surface area contributed by atoms with Gasteiger partial charge in [-0.1, -0.05) is 13.8 Å². The van der Waals surface area contributed by atoms with E-state index >= 15 is 0 Å². The molecule has 1 N–H and O–H groups in total. The fourth-order valence-electron chi connectivity index (χ4n) is 3.10. The average Bonchev–Trinajstić information content (AvgIpc) is 2.90. The summed E-state index contributed by atoms with van der Waals surface area (Å²) in [6.45, 7) is 6.42. The number of rotatable bonds is 3. The molecule has 4 nitrogen and oxygen atoms in total. The molecule has 0 aromatic heterocycles. The largest absolute Gasteiger partial charge is 0.401 e. The summed E-state index contributed by atoms with van der Waals surface area (Å²) in [5.41, 5.74) is 0. The lowest BCUT2D eigenvalue weighted by Gasteiger charge is -2.37. The molecule has 0 aromatic carbocycles. The summed E-state index contributed by atoms with van der Waals surface area (Å²) in [6.07, 6.45) is -3.39. The van der Waals surface area contributed by atoms with Crippen molar-refractivity contribution in [1.29, 1.82) is 0 Å². The van der Waals surface area contributed by atoms with Gasteiger partial charge in [-0.2, -0.15) is 24.9 Å². The van der Waals surface area contributed by atoms with Gasteiger partial charge in [-0.05, 0) is 12.3 Å². The molecule has 23 heavy (non-hydrogen) atoms. The van der Waals surface area contributed by atoms with Crippen LogP contribution in [0.5, 0.6) is 0 Å². The summed E-state index contributed by atoms with van der Waals surface area (Å²) in [7, 11) is 1.75. The minimum atomic E-state index is -4.12. The number of aliphatic imine (C=N–C) groups is 1. The first-order valence-electron chi connectivity index (χ1n) is 8.17.